The van der Waals surface area contributed by atoms with E-state index in [0.29, 0.717) is 44.2 Å². The molecule has 5 rings (SSSR count). The van der Waals surface area contributed by atoms with Gasteiger partial charge in [-0.2, -0.15) is 0 Å². The van der Waals surface area contributed by atoms with Crippen LogP contribution in [0.5, 0.6) is 0 Å². The maximum Gasteiger partial charge on any atom is 0.255 e. The number of allylic oxidation sites excluding steroid dienone is 1. The fourth-order valence-electron chi connectivity index (χ4n) is 4.89. The molecule has 1 amide bonds. The second-order valence-electron chi connectivity index (χ2n) is 9.22. The number of fused-ring (bicyclic) bond motifs is 1. The molecule has 1 aromatic heterocycles. The number of aromatic nitrogens is 2. The SMILES string of the molecule is C=C1CCC(N2Cc3cc(CCC(=O)Cc4ccc(-c5ncc[nH]5)cc4)ccc3C2=O)C(=O)C1. The van der Waals surface area contributed by atoms with E-state index in [1.165, 1.54) is 0 Å². The summed E-state index contributed by atoms with van der Waals surface area (Å²) < 4.78 is 0. The van der Waals surface area contributed by atoms with Gasteiger partial charge in [0.15, 0.2) is 5.78 Å². The van der Waals surface area contributed by atoms with Crippen LogP contribution in [0.2, 0.25) is 0 Å². The molecule has 6 heteroatoms. The maximum atomic E-state index is 12.9. The van der Waals surface area contributed by atoms with E-state index in [1.807, 2.05) is 42.5 Å². The minimum atomic E-state index is -0.352. The highest BCUT2D eigenvalue weighted by Gasteiger charge is 2.37. The molecule has 2 heterocycles. The fourth-order valence-corrected chi connectivity index (χ4v) is 4.89. The number of nitrogens with one attached hydrogen (secondary N) is 1. The van der Waals surface area contributed by atoms with E-state index in [0.717, 1.165) is 40.1 Å². The van der Waals surface area contributed by atoms with E-state index >= 15 is 0 Å². The third-order valence-corrected chi connectivity index (χ3v) is 6.76. The molecule has 1 unspecified atom stereocenters. The lowest BCUT2D eigenvalue weighted by Crippen LogP contribution is -2.43. The number of nitrogens with zero attached hydrogens (tertiary/aromatic N) is 2. The molecular weight excluding hydrogens is 426 g/mol. The molecule has 3 aromatic rings. The monoisotopic (exact) mass is 453 g/mol. The van der Waals surface area contributed by atoms with Crippen LogP contribution < -0.4 is 0 Å². The number of ketones is 2. The van der Waals surface area contributed by atoms with Crippen molar-refractivity contribution in [3.05, 3.63) is 89.3 Å². The van der Waals surface area contributed by atoms with Crippen molar-refractivity contribution in [2.24, 2.45) is 0 Å². The summed E-state index contributed by atoms with van der Waals surface area (Å²) in [4.78, 5) is 47.0. The van der Waals surface area contributed by atoms with Crippen LogP contribution in [0.4, 0.5) is 0 Å². The van der Waals surface area contributed by atoms with Crippen LogP contribution in [0.25, 0.3) is 11.4 Å². The maximum absolute atomic E-state index is 12.9. The second kappa shape index (κ2) is 9.21. The van der Waals surface area contributed by atoms with Gasteiger partial charge >= 0.3 is 0 Å². The molecule has 1 aliphatic carbocycles. The minimum Gasteiger partial charge on any atom is -0.345 e. The number of aryl methyl sites for hydroxylation is 1. The van der Waals surface area contributed by atoms with Gasteiger partial charge in [0, 0.05) is 49.3 Å². The molecular formula is C28H27N3O3. The van der Waals surface area contributed by atoms with E-state index in [1.54, 1.807) is 17.3 Å². The number of benzene rings is 2. The first-order valence-corrected chi connectivity index (χ1v) is 11.7. The molecule has 1 fully saturated rings. The Morgan fingerprint density at radius 3 is 2.65 bits per heavy atom. The number of amides is 1. The summed E-state index contributed by atoms with van der Waals surface area (Å²) >= 11 is 0. The molecule has 1 N–H and O–H groups in total. The number of hydrogen-bond acceptors (Lipinski definition) is 4. The smallest absolute Gasteiger partial charge is 0.255 e. The van der Waals surface area contributed by atoms with E-state index in [9.17, 15) is 14.4 Å². The van der Waals surface area contributed by atoms with Gasteiger partial charge in [-0.15, -0.1) is 0 Å². The minimum absolute atomic E-state index is 0.0681. The summed E-state index contributed by atoms with van der Waals surface area (Å²) in [6.07, 6.45) is 6.77. The third kappa shape index (κ3) is 4.49. The van der Waals surface area contributed by atoms with Gasteiger partial charge in [-0.05, 0) is 42.0 Å². The predicted octanol–water partition coefficient (Wildman–Crippen LogP) is 4.45. The molecule has 6 nitrogen and oxygen atoms in total. The molecule has 0 spiro atoms. The average Bonchev–Trinajstić information content (AvgIpc) is 3.47. The van der Waals surface area contributed by atoms with E-state index in [2.05, 4.69) is 16.5 Å². The highest BCUT2D eigenvalue weighted by Crippen LogP contribution is 2.31. The van der Waals surface area contributed by atoms with Gasteiger partial charge in [0.25, 0.3) is 5.91 Å². The number of carbonyl (C=O) groups is 3. The van der Waals surface area contributed by atoms with Gasteiger partial charge in [-0.1, -0.05) is 48.6 Å². The van der Waals surface area contributed by atoms with Crippen molar-refractivity contribution in [2.75, 3.05) is 0 Å². The number of aromatic amines is 1. The Morgan fingerprint density at radius 1 is 1.12 bits per heavy atom. The normalized spacial score (nSPS) is 17.8. The van der Waals surface area contributed by atoms with Crippen LogP contribution in [0.3, 0.4) is 0 Å². The molecule has 172 valence electrons. The molecule has 34 heavy (non-hydrogen) atoms. The first-order valence-electron chi connectivity index (χ1n) is 11.7. The van der Waals surface area contributed by atoms with Gasteiger partial charge in [-0.3, -0.25) is 14.4 Å². The van der Waals surface area contributed by atoms with Crippen molar-refractivity contribution >= 4 is 17.5 Å². The topological polar surface area (TPSA) is 83.1 Å². The van der Waals surface area contributed by atoms with Crippen LogP contribution in [0.1, 0.15) is 52.7 Å². The standard InChI is InChI=1S/C28H27N3O3/c1-18-2-11-25(26(33)14-18)31-17-22-15-19(6-10-24(22)28(31)34)5-9-23(32)16-20-3-7-21(8-4-20)27-29-12-13-30-27/h3-4,6-8,10,12-13,15,25H,1-2,5,9,11,14,16-17H2,(H,29,30). The molecule has 0 saturated heterocycles. The summed E-state index contributed by atoms with van der Waals surface area (Å²) in [7, 11) is 0. The van der Waals surface area contributed by atoms with Crippen molar-refractivity contribution in [1.82, 2.24) is 14.9 Å². The zero-order chi connectivity index (χ0) is 23.7. The van der Waals surface area contributed by atoms with Crippen molar-refractivity contribution in [3.8, 4) is 11.4 Å². The van der Waals surface area contributed by atoms with Crippen LogP contribution in [-0.4, -0.2) is 38.4 Å². The fraction of sp³-hybridized carbons (Fsp3) is 0.286. The van der Waals surface area contributed by atoms with E-state index in [-0.39, 0.29) is 23.5 Å². The lowest BCUT2D eigenvalue weighted by atomic mass is 9.90. The molecule has 2 aliphatic rings. The Kier molecular flexibility index (Phi) is 5.97. The second-order valence-corrected chi connectivity index (χ2v) is 9.22. The lowest BCUT2D eigenvalue weighted by Gasteiger charge is -2.30. The summed E-state index contributed by atoms with van der Waals surface area (Å²) in [5, 5.41) is 0. The zero-order valence-electron chi connectivity index (χ0n) is 19.0. The first kappa shape index (κ1) is 22.0. The van der Waals surface area contributed by atoms with Crippen molar-refractivity contribution < 1.29 is 14.4 Å². The number of hydrogen-bond donors (Lipinski definition) is 1. The summed E-state index contributed by atoms with van der Waals surface area (Å²) in [5.41, 5.74) is 5.58. The number of H-pyrrole nitrogens is 1. The van der Waals surface area contributed by atoms with Crippen LogP contribution in [-0.2, 0) is 29.0 Å². The molecule has 1 atom stereocenters. The third-order valence-electron chi connectivity index (χ3n) is 6.76. The molecule has 0 bridgehead atoms. The van der Waals surface area contributed by atoms with Crippen molar-refractivity contribution in [1.29, 1.82) is 0 Å². The predicted molar refractivity (Wildman–Crippen MR) is 129 cm³/mol. The largest absolute Gasteiger partial charge is 0.345 e. The van der Waals surface area contributed by atoms with Crippen molar-refractivity contribution in [3.63, 3.8) is 0 Å². The lowest BCUT2D eigenvalue weighted by molar-refractivity contribution is -0.124. The van der Waals surface area contributed by atoms with Crippen LogP contribution in [0.15, 0.2) is 67.0 Å². The number of carbonyl (C=O) groups excluding carboxylic acids is 3. The summed E-state index contributed by atoms with van der Waals surface area (Å²) in [5.74, 6) is 1.00. The highest BCUT2D eigenvalue weighted by molar-refractivity contribution is 6.02. The Bertz CT molecular complexity index is 1260. The van der Waals surface area contributed by atoms with Gasteiger partial charge in [0.2, 0.25) is 0 Å². The van der Waals surface area contributed by atoms with Gasteiger partial charge in [-0.25, -0.2) is 4.98 Å². The van der Waals surface area contributed by atoms with Gasteiger partial charge < -0.3 is 9.88 Å². The Hall–Kier alpha value is -3.80. The van der Waals surface area contributed by atoms with Crippen LogP contribution >= 0.6 is 0 Å². The van der Waals surface area contributed by atoms with Gasteiger partial charge in [0.1, 0.15) is 11.6 Å². The highest BCUT2D eigenvalue weighted by atomic mass is 16.2. The first-order chi connectivity index (χ1) is 16.5. The molecule has 0 radical (unpaired) electrons. The van der Waals surface area contributed by atoms with E-state index < -0.39 is 0 Å². The molecule has 2 aromatic carbocycles. The Labute approximate surface area is 198 Å². The van der Waals surface area contributed by atoms with Crippen molar-refractivity contribution in [2.45, 2.75) is 51.1 Å². The number of Topliss-reactive ketones (excluding diaryl/α,β-unsaturated/α-hetero) is 2. The number of imidazole rings is 1. The summed E-state index contributed by atoms with van der Waals surface area (Å²) in [6, 6.07) is 13.3. The summed E-state index contributed by atoms with van der Waals surface area (Å²) in [6.45, 7) is 4.37. The quantitative estimate of drug-likeness (QED) is 0.536. The van der Waals surface area contributed by atoms with Gasteiger partial charge in [0.05, 0.1) is 6.04 Å². The Balaban J connectivity index is 1.18. The Morgan fingerprint density at radius 2 is 1.91 bits per heavy atom. The number of rotatable bonds is 7. The molecule has 1 aliphatic heterocycles. The van der Waals surface area contributed by atoms with Crippen LogP contribution in [0, 0.1) is 0 Å². The average molecular weight is 454 g/mol. The van der Waals surface area contributed by atoms with E-state index in [4.69, 9.17) is 0 Å². The molecule has 1 saturated carbocycles. The zero-order valence-corrected chi connectivity index (χ0v) is 19.0.